The number of nitrogens with one attached hydrogen (secondary N) is 1. The minimum absolute atomic E-state index is 0.0693. The molecule has 1 N–H and O–H groups in total. The molecule has 0 aliphatic heterocycles. The molecule has 1 aromatic heterocycles. The number of rotatable bonds is 7. The van der Waals surface area contributed by atoms with E-state index in [2.05, 4.69) is 14.9 Å². The third-order valence-corrected chi connectivity index (χ3v) is 2.24. The summed E-state index contributed by atoms with van der Waals surface area (Å²) in [6, 6.07) is 0. The number of hydrogen-bond donors (Lipinski definition) is 1. The molecule has 1 aromatic rings. The molecule has 15 heavy (non-hydrogen) atoms. The van der Waals surface area contributed by atoms with E-state index < -0.39 is 0 Å². The van der Waals surface area contributed by atoms with Crippen molar-refractivity contribution in [2.75, 3.05) is 27.9 Å². The van der Waals surface area contributed by atoms with E-state index in [4.69, 9.17) is 9.47 Å². The first-order valence-electron chi connectivity index (χ1n) is 4.97. The lowest BCUT2D eigenvalue weighted by atomic mass is 10.3. The number of hydrogen-bond acceptors (Lipinski definition) is 4. The van der Waals surface area contributed by atoms with Crippen LogP contribution >= 0.6 is 0 Å². The van der Waals surface area contributed by atoms with E-state index in [0.717, 1.165) is 18.8 Å². The van der Waals surface area contributed by atoms with Gasteiger partial charge in [0.15, 0.2) is 0 Å². The van der Waals surface area contributed by atoms with Crippen LogP contribution in [0.3, 0.4) is 0 Å². The van der Waals surface area contributed by atoms with Gasteiger partial charge in [0.1, 0.15) is 0 Å². The second-order valence-electron chi connectivity index (χ2n) is 3.38. The minimum atomic E-state index is 0.0693. The van der Waals surface area contributed by atoms with Crippen molar-refractivity contribution in [2.45, 2.75) is 19.2 Å². The lowest BCUT2D eigenvalue weighted by molar-refractivity contribution is 0.0179. The Bertz CT molecular complexity index is 275. The Morgan fingerprint density at radius 3 is 2.93 bits per heavy atom. The molecule has 1 unspecified atom stereocenters. The molecule has 0 radical (unpaired) electrons. The molecule has 1 heterocycles. The first-order valence-corrected chi connectivity index (χ1v) is 4.97. The van der Waals surface area contributed by atoms with E-state index in [-0.39, 0.29) is 6.10 Å². The Balaban J connectivity index is 2.57. The quantitative estimate of drug-likeness (QED) is 0.706. The second kappa shape index (κ2) is 6.55. The van der Waals surface area contributed by atoms with Gasteiger partial charge in [-0.2, -0.15) is 0 Å². The molecule has 86 valence electrons. The van der Waals surface area contributed by atoms with Gasteiger partial charge in [-0.05, 0) is 7.05 Å². The van der Waals surface area contributed by atoms with Crippen molar-refractivity contribution in [2.24, 2.45) is 0 Å². The van der Waals surface area contributed by atoms with E-state index >= 15 is 0 Å². The van der Waals surface area contributed by atoms with Crippen molar-refractivity contribution in [3.63, 3.8) is 0 Å². The fourth-order valence-electron chi connectivity index (χ4n) is 1.44. The van der Waals surface area contributed by atoms with Crippen LogP contribution < -0.4 is 5.32 Å². The maximum Gasteiger partial charge on any atom is 0.0983 e. The zero-order valence-corrected chi connectivity index (χ0v) is 9.56. The van der Waals surface area contributed by atoms with E-state index in [1.807, 2.05) is 19.6 Å². The highest BCUT2D eigenvalue weighted by atomic mass is 16.5. The third kappa shape index (κ3) is 3.62. The summed E-state index contributed by atoms with van der Waals surface area (Å²) in [5.41, 5.74) is 1.15. The lowest BCUT2D eigenvalue weighted by Crippen LogP contribution is -2.25. The Morgan fingerprint density at radius 1 is 1.53 bits per heavy atom. The number of aromatic nitrogens is 2. The van der Waals surface area contributed by atoms with Crippen LogP contribution in [0.2, 0.25) is 0 Å². The molecule has 1 atom stereocenters. The predicted molar refractivity (Wildman–Crippen MR) is 57.7 cm³/mol. The first kappa shape index (κ1) is 12.2. The number of nitrogens with zero attached hydrogens (tertiary/aromatic N) is 2. The minimum Gasteiger partial charge on any atom is -0.382 e. The van der Waals surface area contributed by atoms with Crippen molar-refractivity contribution in [3.05, 3.63) is 18.2 Å². The molecule has 0 aromatic carbocycles. The molecule has 0 saturated carbocycles. The molecule has 1 rings (SSSR count). The summed E-state index contributed by atoms with van der Waals surface area (Å²) in [6.45, 7) is 2.17. The average molecular weight is 213 g/mol. The standard InChI is InChI=1S/C10H19N3O2/c1-11-4-9-5-12-8-13(9)6-10(15-3)7-14-2/h5,8,10-11H,4,6-7H2,1-3H3. The van der Waals surface area contributed by atoms with Gasteiger partial charge in [-0.25, -0.2) is 4.98 Å². The Labute approximate surface area is 90.4 Å². The van der Waals surface area contributed by atoms with E-state index in [1.54, 1.807) is 14.2 Å². The molecule has 0 fully saturated rings. The summed E-state index contributed by atoms with van der Waals surface area (Å²) in [4.78, 5) is 4.11. The molecule has 0 saturated heterocycles. The summed E-state index contributed by atoms with van der Waals surface area (Å²) in [5, 5.41) is 3.10. The smallest absolute Gasteiger partial charge is 0.0983 e. The van der Waals surface area contributed by atoms with Crippen molar-refractivity contribution < 1.29 is 9.47 Å². The number of ether oxygens (including phenoxy) is 2. The molecule has 0 spiro atoms. The average Bonchev–Trinajstić information content (AvgIpc) is 2.66. The van der Waals surface area contributed by atoms with Gasteiger partial charge in [-0.15, -0.1) is 0 Å². The van der Waals surface area contributed by atoms with Crippen molar-refractivity contribution in [3.8, 4) is 0 Å². The third-order valence-electron chi connectivity index (χ3n) is 2.24. The molecule has 0 amide bonds. The van der Waals surface area contributed by atoms with Gasteiger partial charge in [-0.3, -0.25) is 0 Å². The largest absolute Gasteiger partial charge is 0.382 e. The van der Waals surface area contributed by atoms with Crippen LogP contribution in [0.5, 0.6) is 0 Å². The van der Waals surface area contributed by atoms with E-state index in [9.17, 15) is 0 Å². The highest BCUT2D eigenvalue weighted by Gasteiger charge is 2.09. The molecule has 5 nitrogen and oxygen atoms in total. The SMILES string of the molecule is CNCc1cncn1CC(COC)OC. The maximum atomic E-state index is 5.30. The van der Waals surface area contributed by atoms with Gasteiger partial charge in [0.25, 0.3) is 0 Å². The monoisotopic (exact) mass is 213 g/mol. The highest BCUT2D eigenvalue weighted by molar-refractivity contribution is 4.98. The van der Waals surface area contributed by atoms with Crippen LogP contribution in [-0.2, 0) is 22.6 Å². The summed E-state index contributed by atoms with van der Waals surface area (Å²) in [7, 11) is 5.28. The summed E-state index contributed by atoms with van der Waals surface area (Å²) < 4.78 is 12.4. The van der Waals surface area contributed by atoms with Crippen LogP contribution in [0.1, 0.15) is 5.69 Å². The van der Waals surface area contributed by atoms with Gasteiger partial charge in [0.05, 0.1) is 31.3 Å². The van der Waals surface area contributed by atoms with Crippen LogP contribution in [0.25, 0.3) is 0 Å². The molecule has 0 bridgehead atoms. The predicted octanol–water partition coefficient (Wildman–Crippen LogP) is 0.264. The second-order valence-corrected chi connectivity index (χ2v) is 3.38. The summed E-state index contributed by atoms with van der Waals surface area (Å²) >= 11 is 0. The molecular weight excluding hydrogens is 194 g/mol. The molecule has 0 aliphatic carbocycles. The van der Waals surface area contributed by atoms with Gasteiger partial charge in [0.2, 0.25) is 0 Å². The van der Waals surface area contributed by atoms with Gasteiger partial charge < -0.3 is 19.4 Å². The number of methoxy groups -OCH3 is 2. The fraction of sp³-hybridized carbons (Fsp3) is 0.700. The first-order chi connectivity index (χ1) is 7.31. The summed E-state index contributed by atoms with van der Waals surface area (Å²) in [6.07, 6.45) is 3.74. The zero-order valence-electron chi connectivity index (χ0n) is 9.56. The van der Waals surface area contributed by atoms with Crippen molar-refractivity contribution in [1.82, 2.24) is 14.9 Å². The van der Waals surface area contributed by atoms with E-state index in [0.29, 0.717) is 6.61 Å². The molecule has 0 aliphatic rings. The van der Waals surface area contributed by atoms with E-state index in [1.165, 1.54) is 0 Å². The number of imidazole rings is 1. The van der Waals surface area contributed by atoms with Crippen LogP contribution in [-0.4, -0.2) is 43.5 Å². The fourth-order valence-corrected chi connectivity index (χ4v) is 1.44. The van der Waals surface area contributed by atoms with Gasteiger partial charge in [-0.1, -0.05) is 0 Å². The van der Waals surface area contributed by atoms with Crippen molar-refractivity contribution >= 4 is 0 Å². The summed E-state index contributed by atoms with van der Waals surface area (Å²) in [5.74, 6) is 0. The Kier molecular flexibility index (Phi) is 5.31. The maximum absolute atomic E-state index is 5.30. The zero-order chi connectivity index (χ0) is 11.1. The Hall–Kier alpha value is -0.910. The topological polar surface area (TPSA) is 48.3 Å². The highest BCUT2D eigenvalue weighted by Crippen LogP contribution is 2.03. The van der Waals surface area contributed by atoms with Gasteiger partial charge in [0, 0.05) is 27.0 Å². The molecular formula is C10H19N3O2. The Morgan fingerprint density at radius 2 is 2.33 bits per heavy atom. The molecule has 5 heteroatoms. The normalized spacial score (nSPS) is 13.0. The van der Waals surface area contributed by atoms with Crippen molar-refractivity contribution in [1.29, 1.82) is 0 Å². The van der Waals surface area contributed by atoms with Crippen LogP contribution in [0, 0.1) is 0 Å². The van der Waals surface area contributed by atoms with Gasteiger partial charge >= 0.3 is 0 Å². The lowest BCUT2D eigenvalue weighted by Gasteiger charge is -2.16. The van der Waals surface area contributed by atoms with Crippen LogP contribution in [0.15, 0.2) is 12.5 Å². The van der Waals surface area contributed by atoms with Crippen LogP contribution in [0.4, 0.5) is 0 Å².